The maximum atomic E-state index is 2.50. The molecule has 0 aliphatic heterocycles. The van der Waals surface area contributed by atoms with Gasteiger partial charge in [0.15, 0.2) is 0 Å². The molecule has 152 valence electrons. The van der Waals surface area contributed by atoms with Crippen LogP contribution in [0.4, 0.5) is 0 Å². The van der Waals surface area contributed by atoms with Crippen molar-refractivity contribution in [3.05, 3.63) is 18.0 Å². The largest absolute Gasteiger partial charge is 0.345 e. The summed E-state index contributed by atoms with van der Waals surface area (Å²) >= 11 is 2.09. The lowest BCUT2D eigenvalue weighted by Crippen LogP contribution is -2.23. The molecule has 1 heterocycles. The molecule has 0 spiro atoms. The third kappa shape index (κ3) is 9.53. The summed E-state index contributed by atoms with van der Waals surface area (Å²) < 4.78 is 2.50. The van der Waals surface area contributed by atoms with Gasteiger partial charge in [-0.2, -0.15) is 0 Å². The zero-order chi connectivity index (χ0) is 19.3. The third-order valence-corrected chi connectivity index (χ3v) is 6.37. The SMILES string of the molecule is CCCCCCCCCCCCSc1ccn(C(C)(C)C)c1CCCC. The van der Waals surface area contributed by atoms with Crippen LogP contribution in [-0.2, 0) is 12.0 Å². The predicted molar refractivity (Wildman–Crippen MR) is 121 cm³/mol. The fourth-order valence-corrected chi connectivity index (χ4v) is 4.66. The van der Waals surface area contributed by atoms with Crippen molar-refractivity contribution in [2.75, 3.05) is 5.75 Å². The summed E-state index contributed by atoms with van der Waals surface area (Å²) in [5.74, 6) is 1.28. The van der Waals surface area contributed by atoms with Crippen LogP contribution in [0.1, 0.15) is 117 Å². The molecule has 0 N–H and O–H groups in total. The first-order valence-corrected chi connectivity index (χ1v) is 12.3. The minimum Gasteiger partial charge on any atom is -0.345 e. The molecule has 0 aliphatic carbocycles. The van der Waals surface area contributed by atoms with E-state index in [1.54, 1.807) is 5.69 Å². The lowest BCUT2D eigenvalue weighted by molar-refractivity contribution is 0.382. The minimum atomic E-state index is 0.193. The molecule has 1 nitrogen and oxygen atoms in total. The van der Waals surface area contributed by atoms with Gasteiger partial charge in [0.25, 0.3) is 0 Å². The van der Waals surface area contributed by atoms with Gasteiger partial charge in [-0.15, -0.1) is 11.8 Å². The number of rotatable bonds is 15. The second-order valence-corrected chi connectivity index (χ2v) is 9.94. The van der Waals surface area contributed by atoms with E-state index < -0.39 is 0 Å². The number of nitrogens with zero attached hydrogens (tertiary/aromatic N) is 1. The van der Waals surface area contributed by atoms with Gasteiger partial charge in [0, 0.05) is 22.3 Å². The first-order valence-electron chi connectivity index (χ1n) is 11.3. The van der Waals surface area contributed by atoms with Crippen LogP contribution in [0.3, 0.4) is 0 Å². The van der Waals surface area contributed by atoms with Crippen molar-refractivity contribution in [1.29, 1.82) is 0 Å². The second-order valence-electron chi connectivity index (χ2n) is 8.80. The van der Waals surface area contributed by atoms with Crippen LogP contribution in [0.5, 0.6) is 0 Å². The molecule has 0 amide bonds. The summed E-state index contributed by atoms with van der Waals surface area (Å²) in [7, 11) is 0. The lowest BCUT2D eigenvalue weighted by Gasteiger charge is -2.25. The normalized spacial score (nSPS) is 12.0. The minimum absolute atomic E-state index is 0.193. The van der Waals surface area contributed by atoms with Crippen molar-refractivity contribution in [3.63, 3.8) is 0 Å². The molecule has 0 radical (unpaired) electrons. The second kappa shape index (κ2) is 13.7. The summed E-state index contributed by atoms with van der Waals surface area (Å²) in [6.45, 7) is 11.5. The van der Waals surface area contributed by atoms with Crippen molar-refractivity contribution < 1.29 is 0 Å². The smallest absolute Gasteiger partial charge is 0.0358 e. The van der Waals surface area contributed by atoms with Gasteiger partial charge in [-0.1, -0.05) is 78.1 Å². The number of thioether (sulfide) groups is 1. The van der Waals surface area contributed by atoms with Crippen LogP contribution in [0, 0.1) is 0 Å². The number of hydrogen-bond donors (Lipinski definition) is 0. The molecule has 1 aromatic rings. The maximum absolute atomic E-state index is 2.50. The van der Waals surface area contributed by atoms with E-state index in [1.165, 1.54) is 94.1 Å². The van der Waals surface area contributed by atoms with E-state index in [0.29, 0.717) is 0 Å². The van der Waals surface area contributed by atoms with Crippen LogP contribution < -0.4 is 0 Å². The molecule has 0 atom stereocenters. The van der Waals surface area contributed by atoms with E-state index in [2.05, 4.69) is 63.2 Å². The first-order chi connectivity index (χ1) is 12.5. The number of unbranched alkanes of at least 4 members (excludes halogenated alkanes) is 10. The van der Waals surface area contributed by atoms with E-state index in [-0.39, 0.29) is 5.54 Å². The van der Waals surface area contributed by atoms with Crippen LogP contribution in [0.2, 0.25) is 0 Å². The monoisotopic (exact) mass is 379 g/mol. The summed E-state index contributed by atoms with van der Waals surface area (Å²) in [5.41, 5.74) is 1.76. The first kappa shape index (κ1) is 23.7. The van der Waals surface area contributed by atoms with Gasteiger partial charge in [-0.05, 0) is 51.9 Å². The van der Waals surface area contributed by atoms with Crippen molar-refractivity contribution in [2.24, 2.45) is 0 Å². The van der Waals surface area contributed by atoms with Gasteiger partial charge in [-0.25, -0.2) is 0 Å². The Morgan fingerprint density at radius 2 is 1.31 bits per heavy atom. The molecule has 0 aromatic carbocycles. The third-order valence-electron chi connectivity index (χ3n) is 5.20. The summed E-state index contributed by atoms with van der Waals surface area (Å²) in [5, 5.41) is 0. The summed E-state index contributed by atoms with van der Waals surface area (Å²) in [4.78, 5) is 1.53. The van der Waals surface area contributed by atoms with E-state index in [4.69, 9.17) is 0 Å². The van der Waals surface area contributed by atoms with Crippen LogP contribution >= 0.6 is 11.8 Å². The van der Waals surface area contributed by atoms with Crippen molar-refractivity contribution >= 4 is 11.8 Å². The van der Waals surface area contributed by atoms with Gasteiger partial charge in [0.1, 0.15) is 0 Å². The molecule has 0 saturated carbocycles. The molecule has 0 aliphatic rings. The highest BCUT2D eigenvalue weighted by molar-refractivity contribution is 7.99. The van der Waals surface area contributed by atoms with E-state index >= 15 is 0 Å². The Kier molecular flexibility index (Phi) is 12.5. The summed E-state index contributed by atoms with van der Waals surface area (Å²) in [6, 6.07) is 2.36. The summed E-state index contributed by atoms with van der Waals surface area (Å²) in [6.07, 6.45) is 20.3. The number of hydrogen-bond acceptors (Lipinski definition) is 1. The molecule has 1 rings (SSSR count). The van der Waals surface area contributed by atoms with Crippen LogP contribution in [0.25, 0.3) is 0 Å². The van der Waals surface area contributed by atoms with Gasteiger partial charge >= 0.3 is 0 Å². The predicted octanol–water partition coefficient (Wildman–Crippen LogP) is 8.60. The molecule has 1 aromatic heterocycles. The van der Waals surface area contributed by atoms with Crippen LogP contribution in [0.15, 0.2) is 17.2 Å². The molecule has 0 fully saturated rings. The molecular weight excluding hydrogens is 334 g/mol. The van der Waals surface area contributed by atoms with E-state index in [0.717, 1.165) is 0 Å². The van der Waals surface area contributed by atoms with Gasteiger partial charge < -0.3 is 4.57 Å². The van der Waals surface area contributed by atoms with Gasteiger partial charge in [0.2, 0.25) is 0 Å². The van der Waals surface area contributed by atoms with Crippen LogP contribution in [-0.4, -0.2) is 10.3 Å². The van der Waals surface area contributed by atoms with Gasteiger partial charge in [0.05, 0.1) is 0 Å². The Hall–Kier alpha value is -0.370. The lowest BCUT2D eigenvalue weighted by atomic mass is 10.1. The quantitative estimate of drug-likeness (QED) is 0.218. The Morgan fingerprint density at radius 3 is 1.85 bits per heavy atom. The average molecular weight is 380 g/mol. The molecular formula is C24H45NS. The highest BCUT2D eigenvalue weighted by Gasteiger charge is 2.18. The van der Waals surface area contributed by atoms with E-state index in [9.17, 15) is 0 Å². The highest BCUT2D eigenvalue weighted by atomic mass is 32.2. The zero-order valence-corrected chi connectivity index (χ0v) is 19.2. The molecule has 0 saturated heterocycles. The zero-order valence-electron chi connectivity index (χ0n) is 18.4. The van der Waals surface area contributed by atoms with Gasteiger partial charge in [-0.3, -0.25) is 0 Å². The Morgan fingerprint density at radius 1 is 0.769 bits per heavy atom. The molecule has 0 unspecified atom stereocenters. The molecule has 26 heavy (non-hydrogen) atoms. The highest BCUT2D eigenvalue weighted by Crippen LogP contribution is 2.30. The Balaban J connectivity index is 2.23. The number of aromatic nitrogens is 1. The topological polar surface area (TPSA) is 4.93 Å². The maximum Gasteiger partial charge on any atom is 0.0358 e. The Labute approximate surface area is 168 Å². The van der Waals surface area contributed by atoms with Crippen molar-refractivity contribution in [1.82, 2.24) is 4.57 Å². The fourth-order valence-electron chi connectivity index (χ4n) is 3.57. The van der Waals surface area contributed by atoms with Crippen molar-refractivity contribution in [2.45, 2.75) is 129 Å². The standard InChI is InChI=1S/C24H45NS/c1-6-8-10-11-12-13-14-15-16-17-21-26-23-19-20-25(24(3,4)5)22(23)18-9-7-2/h19-20H,6-18,21H2,1-5H3. The van der Waals surface area contributed by atoms with Crippen molar-refractivity contribution in [3.8, 4) is 0 Å². The Bertz CT molecular complexity index is 455. The molecule has 0 bridgehead atoms. The van der Waals surface area contributed by atoms with E-state index in [1.807, 2.05) is 0 Å². The molecule has 2 heteroatoms. The average Bonchev–Trinajstić information content (AvgIpc) is 3.01. The fraction of sp³-hybridized carbons (Fsp3) is 0.833.